The maximum absolute atomic E-state index is 12.4. The molecule has 126 valence electrons. The second-order valence-electron chi connectivity index (χ2n) is 5.71. The number of H-pyrrole nitrogens is 1. The number of hydrogen-bond donors (Lipinski definition) is 3. The minimum atomic E-state index is -0.497. The van der Waals surface area contributed by atoms with E-state index < -0.39 is 6.04 Å². The van der Waals surface area contributed by atoms with E-state index in [0.717, 1.165) is 24.2 Å². The normalized spacial score (nSPS) is 17.7. The number of nitrogens with zero attached hydrogens (tertiary/aromatic N) is 1. The Kier molecular flexibility index (Phi) is 4.79. The van der Waals surface area contributed by atoms with Gasteiger partial charge in [-0.15, -0.1) is 0 Å². The fourth-order valence-electron chi connectivity index (χ4n) is 2.68. The topological polar surface area (TPSA) is 96.1 Å². The molecule has 24 heavy (non-hydrogen) atoms. The number of aromatic nitrogens is 2. The molecule has 0 bridgehead atoms. The summed E-state index contributed by atoms with van der Waals surface area (Å²) in [7, 11) is 1.60. The van der Waals surface area contributed by atoms with Crippen molar-refractivity contribution in [2.45, 2.75) is 25.3 Å². The molecular formula is C17H20N4O3. The number of ether oxygens (including phenoxy) is 1. The molecule has 7 nitrogen and oxygen atoms in total. The summed E-state index contributed by atoms with van der Waals surface area (Å²) >= 11 is 0. The lowest BCUT2D eigenvalue weighted by atomic mass is 10.1. The quantitative estimate of drug-likeness (QED) is 0.792. The number of amides is 2. The molecule has 2 amide bonds. The van der Waals surface area contributed by atoms with Crippen molar-refractivity contribution in [2.75, 3.05) is 13.7 Å². The highest BCUT2D eigenvalue weighted by atomic mass is 16.5. The third-order valence-electron chi connectivity index (χ3n) is 4.03. The van der Waals surface area contributed by atoms with Gasteiger partial charge in [0, 0.05) is 12.1 Å². The smallest absolute Gasteiger partial charge is 0.269 e. The Hall–Kier alpha value is -2.83. The van der Waals surface area contributed by atoms with Crippen LogP contribution in [0.3, 0.4) is 0 Å². The molecule has 1 saturated heterocycles. The minimum absolute atomic E-state index is 0.131. The van der Waals surface area contributed by atoms with Gasteiger partial charge in [-0.25, -0.2) is 0 Å². The highest BCUT2D eigenvalue weighted by Crippen LogP contribution is 2.22. The minimum Gasteiger partial charge on any atom is -0.497 e. The van der Waals surface area contributed by atoms with Crippen LogP contribution in [0.1, 0.15) is 29.8 Å². The van der Waals surface area contributed by atoms with Crippen molar-refractivity contribution in [3.63, 3.8) is 0 Å². The van der Waals surface area contributed by atoms with Crippen LogP contribution in [0, 0.1) is 0 Å². The molecule has 0 saturated carbocycles. The van der Waals surface area contributed by atoms with Gasteiger partial charge in [-0.3, -0.25) is 14.7 Å². The molecule has 3 rings (SSSR count). The summed E-state index contributed by atoms with van der Waals surface area (Å²) in [5.74, 6) is 0.253. The van der Waals surface area contributed by atoms with E-state index in [-0.39, 0.29) is 11.8 Å². The number of hydrogen-bond acceptors (Lipinski definition) is 4. The van der Waals surface area contributed by atoms with Crippen molar-refractivity contribution >= 4 is 11.8 Å². The van der Waals surface area contributed by atoms with Crippen LogP contribution in [0.25, 0.3) is 11.3 Å². The maximum atomic E-state index is 12.4. The Morgan fingerprint density at radius 2 is 2.21 bits per heavy atom. The fraction of sp³-hybridized carbons (Fsp3) is 0.353. The average molecular weight is 328 g/mol. The molecule has 7 heteroatoms. The summed E-state index contributed by atoms with van der Waals surface area (Å²) in [6.07, 6.45) is 2.48. The number of benzene rings is 1. The molecule has 2 heterocycles. The van der Waals surface area contributed by atoms with Gasteiger partial charge in [0.1, 0.15) is 17.5 Å². The second-order valence-corrected chi connectivity index (χ2v) is 5.71. The zero-order chi connectivity index (χ0) is 16.9. The lowest BCUT2D eigenvalue weighted by molar-refractivity contribution is -0.122. The van der Waals surface area contributed by atoms with Gasteiger partial charge in [0.2, 0.25) is 5.91 Å². The van der Waals surface area contributed by atoms with Crippen LogP contribution in [0.5, 0.6) is 5.75 Å². The average Bonchev–Trinajstić information content (AvgIpc) is 3.02. The van der Waals surface area contributed by atoms with E-state index in [9.17, 15) is 9.59 Å². The fourth-order valence-corrected chi connectivity index (χ4v) is 2.68. The van der Waals surface area contributed by atoms with E-state index in [4.69, 9.17) is 4.74 Å². The summed E-state index contributed by atoms with van der Waals surface area (Å²) < 4.78 is 5.19. The van der Waals surface area contributed by atoms with Crippen molar-refractivity contribution in [1.29, 1.82) is 0 Å². The number of carbonyl (C=O) groups excluding carboxylic acids is 2. The lowest BCUT2D eigenvalue weighted by Crippen LogP contribution is -2.45. The van der Waals surface area contributed by atoms with Crippen LogP contribution in [0.2, 0.25) is 0 Å². The molecule has 1 aromatic heterocycles. The van der Waals surface area contributed by atoms with Crippen molar-refractivity contribution in [3.05, 3.63) is 36.0 Å². The number of aromatic amines is 1. The second kappa shape index (κ2) is 7.16. The molecule has 0 radical (unpaired) electrons. The van der Waals surface area contributed by atoms with E-state index in [1.165, 1.54) is 0 Å². The Balaban J connectivity index is 1.72. The van der Waals surface area contributed by atoms with Crippen LogP contribution in [0.4, 0.5) is 0 Å². The van der Waals surface area contributed by atoms with E-state index in [1.807, 2.05) is 24.3 Å². The molecule has 1 fully saturated rings. The van der Waals surface area contributed by atoms with Crippen molar-refractivity contribution < 1.29 is 14.3 Å². The molecule has 0 aliphatic carbocycles. The van der Waals surface area contributed by atoms with E-state index in [2.05, 4.69) is 20.8 Å². The summed E-state index contributed by atoms with van der Waals surface area (Å²) in [4.78, 5) is 24.3. The van der Waals surface area contributed by atoms with Crippen LogP contribution in [0.15, 0.2) is 30.3 Å². The lowest BCUT2D eigenvalue weighted by Gasteiger charge is -2.14. The molecule has 1 aliphatic heterocycles. The molecule has 2 aromatic rings. The van der Waals surface area contributed by atoms with Gasteiger partial charge in [0.15, 0.2) is 0 Å². The van der Waals surface area contributed by atoms with Gasteiger partial charge < -0.3 is 15.4 Å². The predicted octanol–water partition coefficient (Wildman–Crippen LogP) is 1.48. The number of methoxy groups -OCH3 is 1. The van der Waals surface area contributed by atoms with Crippen LogP contribution >= 0.6 is 0 Å². The van der Waals surface area contributed by atoms with Crippen LogP contribution in [-0.2, 0) is 4.79 Å². The van der Waals surface area contributed by atoms with Gasteiger partial charge in [-0.2, -0.15) is 5.10 Å². The Morgan fingerprint density at radius 1 is 1.33 bits per heavy atom. The Morgan fingerprint density at radius 3 is 3.04 bits per heavy atom. The number of nitrogens with one attached hydrogen (secondary N) is 3. The highest BCUT2D eigenvalue weighted by Gasteiger charge is 2.23. The predicted molar refractivity (Wildman–Crippen MR) is 88.7 cm³/mol. The van der Waals surface area contributed by atoms with Gasteiger partial charge in [-0.05, 0) is 37.5 Å². The summed E-state index contributed by atoms with van der Waals surface area (Å²) in [5.41, 5.74) is 1.81. The first-order valence-electron chi connectivity index (χ1n) is 7.96. The largest absolute Gasteiger partial charge is 0.497 e. The van der Waals surface area contributed by atoms with E-state index in [1.54, 1.807) is 13.2 Å². The first kappa shape index (κ1) is 16.0. The summed E-state index contributed by atoms with van der Waals surface area (Å²) in [5, 5.41) is 12.5. The summed E-state index contributed by atoms with van der Waals surface area (Å²) in [6.45, 7) is 0.662. The molecule has 0 unspecified atom stereocenters. The number of rotatable bonds is 4. The monoisotopic (exact) mass is 328 g/mol. The maximum Gasteiger partial charge on any atom is 0.269 e. The van der Waals surface area contributed by atoms with Gasteiger partial charge >= 0.3 is 0 Å². The SMILES string of the molecule is COc1cccc(-c2cc(C(=O)N[C@H]3CCCCNC3=O)[nH]n2)c1. The van der Waals surface area contributed by atoms with E-state index in [0.29, 0.717) is 24.4 Å². The molecule has 1 atom stereocenters. The molecule has 1 aromatic carbocycles. The highest BCUT2D eigenvalue weighted by molar-refractivity contribution is 5.96. The van der Waals surface area contributed by atoms with E-state index >= 15 is 0 Å². The molecule has 0 spiro atoms. The molecular weight excluding hydrogens is 308 g/mol. The van der Waals surface area contributed by atoms with Crippen molar-refractivity contribution in [1.82, 2.24) is 20.8 Å². The van der Waals surface area contributed by atoms with Gasteiger partial charge in [0.25, 0.3) is 5.91 Å². The van der Waals surface area contributed by atoms with Gasteiger partial charge in [0.05, 0.1) is 12.8 Å². The van der Waals surface area contributed by atoms with Crippen LogP contribution < -0.4 is 15.4 Å². The van der Waals surface area contributed by atoms with Crippen molar-refractivity contribution in [3.8, 4) is 17.0 Å². The Labute approximate surface area is 139 Å². The van der Waals surface area contributed by atoms with Gasteiger partial charge in [-0.1, -0.05) is 12.1 Å². The summed E-state index contributed by atoms with van der Waals surface area (Å²) in [6, 6.07) is 8.60. The first-order valence-corrected chi connectivity index (χ1v) is 7.96. The standard InChI is InChI=1S/C17H20N4O3/c1-24-12-6-4-5-11(9-12)14-10-15(21-20-14)17(23)19-13-7-2-3-8-18-16(13)22/h4-6,9-10,13H,2-3,7-8H2,1H3,(H,18,22)(H,19,23)(H,20,21)/t13-/m0/s1. The Bertz CT molecular complexity index is 741. The zero-order valence-corrected chi connectivity index (χ0v) is 13.5. The third kappa shape index (κ3) is 3.56. The van der Waals surface area contributed by atoms with Crippen molar-refractivity contribution in [2.24, 2.45) is 0 Å². The first-order chi connectivity index (χ1) is 11.7. The third-order valence-corrected chi connectivity index (χ3v) is 4.03. The number of carbonyl (C=O) groups is 2. The molecule has 1 aliphatic rings. The van der Waals surface area contributed by atoms with Crippen LogP contribution in [-0.4, -0.2) is 41.7 Å². The zero-order valence-electron chi connectivity index (χ0n) is 13.5. The molecule has 3 N–H and O–H groups in total.